The van der Waals surface area contributed by atoms with Crippen LogP contribution in [0.25, 0.3) is 0 Å². The molecule has 0 radical (unpaired) electrons. The summed E-state index contributed by atoms with van der Waals surface area (Å²) in [6, 6.07) is 0.810. The summed E-state index contributed by atoms with van der Waals surface area (Å²) in [4.78, 5) is 0. The molecule has 0 aromatic rings. The molecule has 4 heteroatoms. The maximum atomic E-state index is 9.73. The lowest BCUT2D eigenvalue weighted by atomic mass is 10.5. The minimum atomic E-state index is -2.33. The van der Waals surface area contributed by atoms with Gasteiger partial charge in [0.25, 0.3) is 0 Å². The van der Waals surface area contributed by atoms with Gasteiger partial charge in [-0.3, -0.25) is 0 Å². The van der Waals surface area contributed by atoms with Crippen LogP contribution in [0.15, 0.2) is 0 Å². The van der Waals surface area contributed by atoms with Gasteiger partial charge in [0, 0.05) is 13.2 Å². The molecular weight excluding hydrogens is 196 g/mol. The van der Waals surface area contributed by atoms with Gasteiger partial charge in [0.1, 0.15) is 0 Å². The third kappa shape index (κ3) is 4.08. The van der Waals surface area contributed by atoms with Crippen LogP contribution in [0, 0.1) is 0 Å². The molecule has 0 aliphatic rings. The summed E-state index contributed by atoms with van der Waals surface area (Å²) in [7, 11) is -2.33. The predicted molar refractivity (Wildman–Crippen MR) is 60.4 cm³/mol. The zero-order chi connectivity index (χ0) is 11.0. The van der Waals surface area contributed by atoms with Gasteiger partial charge in [0.05, 0.1) is 5.73 Å². The van der Waals surface area contributed by atoms with E-state index >= 15 is 0 Å². The van der Waals surface area contributed by atoms with E-state index in [9.17, 15) is 5.11 Å². The Labute approximate surface area is 88.7 Å². The first-order chi connectivity index (χ1) is 6.63. The highest BCUT2D eigenvalue weighted by Gasteiger charge is 2.41. The SMILES string of the molecule is CCCO[Si](CC)(OCCC)C(C)O. The van der Waals surface area contributed by atoms with E-state index in [-0.39, 0.29) is 0 Å². The molecule has 0 heterocycles. The van der Waals surface area contributed by atoms with E-state index in [1.54, 1.807) is 6.92 Å². The van der Waals surface area contributed by atoms with Crippen molar-refractivity contribution < 1.29 is 14.0 Å². The number of aliphatic hydroxyl groups excluding tert-OH is 1. The largest absolute Gasteiger partial charge is 0.393 e. The Morgan fingerprint density at radius 3 is 1.71 bits per heavy atom. The van der Waals surface area contributed by atoms with Crippen LogP contribution in [-0.2, 0) is 8.85 Å². The molecule has 0 aromatic heterocycles. The first kappa shape index (κ1) is 14.1. The van der Waals surface area contributed by atoms with Gasteiger partial charge in [-0.25, -0.2) is 0 Å². The molecule has 1 atom stereocenters. The van der Waals surface area contributed by atoms with E-state index in [0.29, 0.717) is 13.2 Å². The lowest BCUT2D eigenvalue weighted by Gasteiger charge is -2.32. The first-order valence-electron chi connectivity index (χ1n) is 5.58. The molecule has 0 spiro atoms. The van der Waals surface area contributed by atoms with Crippen LogP contribution < -0.4 is 0 Å². The first-order valence-corrected chi connectivity index (χ1v) is 7.69. The molecule has 0 aliphatic carbocycles. The number of aliphatic hydroxyl groups is 1. The quantitative estimate of drug-likeness (QED) is 0.638. The topological polar surface area (TPSA) is 38.7 Å². The lowest BCUT2D eigenvalue weighted by Crippen LogP contribution is -2.52. The summed E-state index contributed by atoms with van der Waals surface area (Å²) < 4.78 is 11.5. The van der Waals surface area contributed by atoms with Crippen molar-refractivity contribution in [2.24, 2.45) is 0 Å². The molecule has 3 nitrogen and oxygen atoms in total. The third-order valence-electron chi connectivity index (χ3n) is 2.23. The summed E-state index contributed by atoms with van der Waals surface area (Å²) in [6.07, 6.45) is 1.94. The Kier molecular flexibility index (Phi) is 7.45. The van der Waals surface area contributed by atoms with Crippen LogP contribution in [0.2, 0.25) is 6.04 Å². The third-order valence-corrected chi connectivity index (χ3v) is 5.87. The standard InChI is InChI=1S/C10H24O3Si/c1-5-8-12-14(7-3,10(4)11)13-9-6-2/h10-11H,5-9H2,1-4H3. The monoisotopic (exact) mass is 220 g/mol. The van der Waals surface area contributed by atoms with E-state index in [2.05, 4.69) is 13.8 Å². The smallest absolute Gasteiger partial charge is 0.367 e. The predicted octanol–water partition coefficient (Wildman–Crippen LogP) is 2.22. The summed E-state index contributed by atoms with van der Waals surface area (Å²) in [5, 5.41) is 9.73. The number of rotatable bonds is 8. The Hall–Kier alpha value is 0.0969. The van der Waals surface area contributed by atoms with Crippen molar-refractivity contribution in [3.63, 3.8) is 0 Å². The minimum Gasteiger partial charge on any atom is -0.393 e. The minimum absolute atomic E-state index is 0.453. The van der Waals surface area contributed by atoms with E-state index in [0.717, 1.165) is 18.9 Å². The Bertz CT molecular complexity index is 131. The Morgan fingerprint density at radius 2 is 1.50 bits per heavy atom. The van der Waals surface area contributed by atoms with Gasteiger partial charge in [-0.05, 0) is 25.8 Å². The van der Waals surface area contributed by atoms with Crippen molar-refractivity contribution in [2.75, 3.05) is 13.2 Å². The Morgan fingerprint density at radius 1 is 1.07 bits per heavy atom. The van der Waals surface area contributed by atoms with Gasteiger partial charge in [-0.1, -0.05) is 20.8 Å². The van der Waals surface area contributed by atoms with Crippen LogP contribution in [0.3, 0.4) is 0 Å². The maximum Gasteiger partial charge on any atom is 0.367 e. The molecule has 0 rings (SSSR count). The highest BCUT2D eigenvalue weighted by atomic mass is 28.4. The van der Waals surface area contributed by atoms with Gasteiger partial charge in [0.2, 0.25) is 0 Å². The number of hydrogen-bond donors (Lipinski definition) is 1. The van der Waals surface area contributed by atoms with Crippen LogP contribution in [0.5, 0.6) is 0 Å². The Balaban J connectivity index is 4.27. The van der Waals surface area contributed by atoms with Crippen LogP contribution in [0.4, 0.5) is 0 Å². The molecule has 86 valence electrons. The normalized spacial score (nSPS) is 14.4. The summed E-state index contributed by atoms with van der Waals surface area (Å²) in [6.45, 7) is 9.32. The van der Waals surface area contributed by atoms with Gasteiger partial charge < -0.3 is 14.0 Å². The molecule has 0 saturated heterocycles. The van der Waals surface area contributed by atoms with Crippen molar-refractivity contribution in [3.8, 4) is 0 Å². The highest BCUT2D eigenvalue weighted by Crippen LogP contribution is 2.18. The zero-order valence-corrected chi connectivity index (χ0v) is 10.9. The van der Waals surface area contributed by atoms with Crippen molar-refractivity contribution >= 4 is 8.56 Å². The molecule has 0 aliphatic heterocycles. The average molecular weight is 220 g/mol. The van der Waals surface area contributed by atoms with E-state index in [4.69, 9.17) is 8.85 Å². The molecular formula is C10H24O3Si. The van der Waals surface area contributed by atoms with Crippen molar-refractivity contribution in [1.82, 2.24) is 0 Å². The van der Waals surface area contributed by atoms with Crippen LogP contribution >= 0.6 is 0 Å². The maximum absolute atomic E-state index is 9.73. The zero-order valence-electron chi connectivity index (χ0n) is 9.88. The molecule has 0 aromatic carbocycles. The number of hydrogen-bond acceptors (Lipinski definition) is 3. The van der Waals surface area contributed by atoms with Gasteiger partial charge in [-0.15, -0.1) is 0 Å². The van der Waals surface area contributed by atoms with Crippen LogP contribution in [-0.4, -0.2) is 32.6 Å². The average Bonchev–Trinajstić information content (AvgIpc) is 2.18. The second-order valence-corrected chi connectivity index (χ2v) is 7.28. The molecule has 1 N–H and O–H groups in total. The molecule has 1 unspecified atom stereocenters. The van der Waals surface area contributed by atoms with Gasteiger partial charge in [0.15, 0.2) is 0 Å². The van der Waals surface area contributed by atoms with Crippen molar-refractivity contribution in [3.05, 3.63) is 0 Å². The summed E-state index contributed by atoms with van der Waals surface area (Å²) in [5.41, 5.74) is -0.453. The fourth-order valence-corrected chi connectivity index (χ4v) is 4.00. The van der Waals surface area contributed by atoms with E-state index in [1.807, 2.05) is 6.92 Å². The van der Waals surface area contributed by atoms with Crippen molar-refractivity contribution in [1.29, 1.82) is 0 Å². The molecule has 0 fully saturated rings. The fraction of sp³-hybridized carbons (Fsp3) is 1.00. The lowest BCUT2D eigenvalue weighted by molar-refractivity contribution is 0.110. The van der Waals surface area contributed by atoms with Crippen molar-refractivity contribution in [2.45, 2.75) is 52.3 Å². The molecule has 14 heavy (non-hydrogen) atoms. The highest BCUT2D eigenvalue weighted by molar-refractivity contribution is 6.68. The fourth-order valence-electron chi connectivity index (χ4n) is 1.33. The van der Waals surface area contributed by atoms with Gasteiger partial charge >= 0.3 is 8.56 Å². The summed E-state index contributed by atoms with van der Waals surface area (Å²) >= 11 is 0. The molecule has 0 bridgehead atoms. The second-order valence-electron chi connectivity index (χ2n) is 3.54. The van der Waals surface area contributed by atoms with E-state index < -0.39 is 14.3 Å². The van der Waals surface area contributed by atoms with Crippen LogP contribution in [0.1, 0.15) is 40.5 Å². The molecule has 0 saturated carbocycles. The second kappa shape index (κ2) is 7.40. The van der Waals surface area contributed by atoms with Gasteiger partial charge in [-0.2, -0.15) is 0 Å². The van der Waals surface area contributed by atoms with E-state index in [1.165, 1.54) is 0 Å². The summed E-state index contributed by atoms with van der Waals surface area (Å²) in [5.74, 6) is 0. The molecule has 0 amide bonds.